The minimum absolute atomic E-state index is 0.266. The summed E-state index contributed by atoms with van der Waals surface area (Å²) in [5.41, 5.74) is 0.941. The summed E-state index contributed by atoms with van der Waals surface area (Å²) in [5, 5.41) is 0. The first-order chi connectivity index (χ1) is 8.77. The van der Waals surface area contributed by atoms with Gasteiger partial charge in [0.05, 0.1) is 5.56 Å². The van der Waals surface area contributed by atoms with E-state index in [1.54, 1.807) is 54.6 Å². The van der Waals surface area contributed by atoms with Crippen LogP contribution in [0.15, 0.2) is 60.7 Å². The molecule has 2 rings (SSSR count). The van der Waals surface area contributed by atoms with Gasteiger partial charge in [0, 0.05) is 0 Å². The number of rotatable bonds is 4. The average molecular weight is 244 g/mol. The average Bonchev–Trinajstić information content (AvgIpc) is 2.46. The first kappa shape index (κ1) is 12.3. The van der Waals surface area contributed by atoms with E-state index in [0.29, 0.717) is 11.1 Å². The monoisotopic (exact) mass is 244 g/mol. The summed E-state index contributed by atoms with van der Waals surface area (Å²) in [6.45, 7) is -0.266. The van der Waals surface area contributed by atoms with Crippen molar-refractivity contribution in [3.05, 3.63) is 71.8 Å². The summed E-state index contributed by atoms with van der Waals surface area (Å²) >= 11 is 0. The molecule has 0 aliphatic carbocycles. The highest BCUT2D eigenvalue weighted by Crippen LogP contribution is 2.17. The summed E-state index contributed by atoms with van der Waals surface area (Å²) in [5.74, 6) is -0.505. The first-order valence-electron chi connectivity index (χ1n) is 5.68. The van der Waals surface area contributed by atoms with Crippen molar-refractivity contribution < 1.29 is 13.9 Å². The molecule has 0 radical (unpaired) electrons. The molecule has 0 amide bonds. The number of halogens is 1. The Bertz CT molecular complexity index is 496. The molecule has 1 atom stereocenters. The van der Waals surface area contributed by atoms with E-state index in [1.807, 2.05) is 6.07 Å². The zero-order chi connectivity index (χ0) is 12.8. The third-order valence-electron chi connectivity index (χ3n) is 2.53. The Hall–Kier alpha value is -2.16. The fraction of sp³-hybridized carbons (Fsp3) is 0.133. The number of alkyl halides is 1. The number of hydrogen-bond donors (Lipinski definition) is 0. The topological polar surface area (TPSA) is 26.3 Å². The van der Waals surface area contributed by atoms with Gasteiger partial charge in [0.2, 0.25) is 0 Å². The molecule has 0 N–H and O–H groups in total. The Morgan fingerprint density at radius 3 is 2.17 bits per heavy atom. The number of hydrogen-bond acceptors (Lipinski definition) is 2. The second-order valence-corrected chi connectivity index (χ2v) is 3.84. The third-order valence-corrected chi connectivity index (χ3v) is 2.53. The molecule has 3 heteroatoms. The van der Waals surface area contributed by atoms with Crippen LogP contribution in [-0.4, -0.2) is 12.6 Å². The van der Waals surface area contributed by atoms with Crippen LogP contribution in [0.5, 0.6) is 0 Å². The second-order valence-electron chi connectivity index (χ2n) is 3.84. The van der Waals surface area contributed by atoms with Crippen LogP contribution in [0.2, 0.25) is 0 Å². The van der Waals surface area contributed by atoms with E-state index in [9.17, 15) is 9.18 Å². The van der Waals surface area contributed by atoms with Gasteiger partial charge in [-0.15, -0.1) is 0 Å². The van der Waals surface area contributed by atoms with Crippen molar-refractivity contribution in [3.63, 3.8) is 0 Å². The van der Waals surface area contributed by atoms with Crippen LogP contribution in [0.25, 0.3) is 0 Å². The van der Waals surface area contributed by atoms with E-state index in [2.05, 4.69) is 0 Å². The molecular weight excluding hydrogens is 231 g/mol. The lowest BCUT2D eigenvalue weighted by atomic mass is 10.1. The Morgan fingerprint density at radius 1 is 1.00 bits per heavy atom. The molecule has 0 aromatic heterocycles. The molecule has 0 aliphatic rings. The van der Waals surface area contributed by atoms with E-state index >= 15 is 0 Å². The number of ether oxygens (including phenoxy) is 1. The molecule has 0 heterocycles. The van der Waals surface area contributed by atoms with Crippen LogP contribution >= 0.6 is 0 Å². The van der Waals surface area contributed by atoms with E-state index < -0.39 is 12.1 Å². The molecule has 2 aromatic carbocycles. The molecule has 2 aromatic rings. The molecule has 2 nitrogen and oxygen atoms in total. The van der Waals surface area contributed by atoms with Gasteiger partial charge in [-0.1, -0.05) is 48.5 Å². The summed E-state index contributed by atoms with van der Waals surface area (Å²) < 4.78 is 18.7. The van der Waals surface area contributed by atoms with Gasteiger partial charge in [0.1, 0.15) is 6.61 Å². The van der Waals surface area contributed by atoms with E-state index in [-0.39, 0.29) is 6.61 Å². The lowest BCUT2D eigenvalue weighted by Crippen LogP contribution is -2.10. The summed E-state index contributed by atoms with van der Waals surface area (Å²) in [6.07, 6.45) is -1.29. The zero-order valence-electron chi connectivity index (χ0n) is 9.75. The highest BCUT2D eigenvalue weighted by molar-refractivity contribution is 5.89. The minimum atomic E-state index is -1.29. The summed E-state index contributed by atoms with van der Waals surface area (Å²) in [7, 11) is 0. The number of benzene rings is 2. The SMILES string of the molecule is O=C(OCC(F)c1ccccc1)c1ccccc1. The normalized spacial score (nSPS) is 11.8. The van der Waals surface area contributed by atoms with Gasteiger partial charge < -0.3 is 4.74 Å². The smallest absolute Gasteiger partial charge is 0.338 e. The van der Waals surface area contributed by atoms with Crippen molar-refractivity contribution in [2.75, 3.05) is 6.61 Å². The summed E-state index contributed by atoms with van der Waals surface area (Å²) in [4.78, 5) is 11.6. The van der Waals surface area contributed by atoms with Crippen LogP contribution < -0.4 is 0 Å². The fourth-order valence-electron chi connectivity index (χ4n) is 1.56. The van der Waals surface area contributed by atoms with Crippen LogP contribution in [0.1, 0.15) is 22.1 Å². The third kappa shape index (κ3) is 3.17. The molecule has 0 saturated carbocycles. The maximum atomic E-state index is 13.7. The van der Waals surface area contributed by atoms with E-state index in [1.165, 1.54) is 0 Å². The van der Waals surface area contributed by atoms with Crippen molar-refractivity contribution in [2.45, 2.75) is 6.17 Å². The first-order valence-corrected chi connectivity index (χ1v) is 5.68. The van der Waals surface area contributed by atoms with Gasteiger partial charge in [-0.3, -0.25) is 0 Å². The second kappa shape index (κ2) is 5.96. The molecule has 92 valence electrons. The largest absolute Gasteiger partial charge is 0.459 e. The minimum Gasteiger partial charge on any atom is -0.459 e. The predicted molar refractivity (Wildman–Crippen MR) is 67.0 cm³/mol. The predicted octanol–water partition coefficient (Wildman–Crippen LogP) is 3.55. The van der Waals surface area contributed by atoms with Crippen molar-refractivity contribution in [1.29, 1.82) is 0 Å². The van der Waals surface area contributed by atoms with Gasteiger partial charge in [-0.25, -0.2) is 9.18 Å². The van der Waals surface area contributed by atoms with Crippen LogP contribution in [-0.2, 0) is 4.74 Å². The highest BCUT2D eigenvalue weighted by Gasteiger charge is 2.13. The molecule has 0 fully saturated rings. The van der Waals surface area contributed by atoms with Crippen molar-refractivity contribution in [1.82, 2.24) is 0 Å². The van der Waals surface area contributed by atoms with Crippen molar-refractivity contribution >= 4 is 5.97 Å². The number of esters is 1. The van der Waals surface area contributed by atoms with E-state index in [4.69, 9.17) is 4.74 Å². The van der Waals surface area contributed by atoms with Gasteiger partial charge in [-0.05, 0) is 17.7 Å². The standard InChI is InChI=1S/C15H13FO2/c16-14(12-7-3-1-4-8-12)11-18-15(17)13-9-5-2-6-10-13/h1-10,14H,11H2. The lowest BCUT2D eigenvalue weighted by Gasteiger charge is -2.09. The maximum Gasteiger partial charge on any atom is 0.338 e. The Balaban J connectivity index is 1.91. The van der Waals surface area contributed by atoms with Crippen LogP contribution in [0.4, 0.5) is 4.39 Å². The zero-order valence-corrected chi connectivity index (χ0v) is 9.75. The molecule has 0 spiro atoms. The van der Waals surface area contributed by atoms with Crippen molar-refractivity contribution in [2.24, 2.45) is 0 Å². The van der Waals surface area contributed by atoms with Crippen LogP contribution in [0, 0.1) is 0 Å². The number of carbonyl (C=O) groups is 1. The van der Waals surface area contributed by atoms with Gasteiger partial charge in [0.25, 0.3) is 0 Å². The van der Waals surface area contributed by atoms with Crippen LogP contribution in [0.3, 0.4) is 0 Å². The lowest BCUT2D eigenvalue weighted by molar-refractivity contribution is 0.0398. The molecule has 0 saturated heterocycles. The number of carbonyl (C=O) groups excluding carboxylic acids is 1. The highest BCUT2D eigenvalue weighted by atomic mass is 19.1. The Kier molecular flexibility index (Phi) is 4.07. The Labute approximate surface area is 105 Å². The fourth-order valence-corrected chi connectivity index (χ4v) is 1.56. The molecule has 0 aliphatic heterocycles. The van der Waals surface area contributed by atoms with Gasteiger partial charge >= 0.3 is 5.97 Å². The van der Waals surface area contributed by atoms with E-state index in [0.717, 1.165) is 0 Å². The van der Waals surface area contributed by atoms with Gasteiger partial charge in [-0.2, -0.15) is 0 Å². The molecule has 0 bridgehead atoms. The molecule has 18 heavy (non-hydrogen) atoms. The van der Waals surface area contributed by atoms with Gasteiger partial charge in [0.15, 0.2) is 6.17 Å². The quantitative estimate of drug-likeness (QED) is 0.769. The summed E-state index contributed by atoms with van der Waals surface area (Å²) in [6, 6.07) is 17.2. The molecule has 1 unspecified atom stereocenters. The Morgan fingerprint density at radius 2 is 1.56 bits per heavy atom. The van der Waals surface area contributed by atoms with Crippen molar-refractivity contribution in [3.8, 4) is 0 Å². The maximum absolute atomic E-state index is 13.7. The molecular formula is C15H13FO2.